The lowest BCUT2D eigenvalue weighted by Crippen LogP contribution is -2.49. The highest BCUT2D eigenvalue weighted by atomic mass is 35.5. The smallest absolute Gasteiger partial charge is 0.328 e. The average molecular weight is 987 g/mol. The number of rotatable bonds is 12. The monoisotopic (exact) mass is 985 g/mol. The number of halogens is 3. The van der Waals surface area contributed by atoms with E-state index in [1.54, 1.807) is 6.07 Å². The van der Waals surface area contributed by atoms with Gasteiger partial charge in [-0.3, -0.25) is 9.62 Å². The highest BCUT2D eigenvalue weighted by Gasteiger charge is 2.30. The van der Waals surface area contributed by atoms with Crippen molar-refractivity contribution in [3.63, 3.8) is 0 Å². The summed E-state index contributed by atoms with van der Waals surface area (Å²) in [6.07, 6.45) is 11.0. The minimum absolute atomic E-state index is 0.0228. The number of fused-ring (bicyclic) bond motifs is 1. The molecule has 26 heteroatoms. The number of carboxylic acid groups (broad SMARTS) is 6. The van der Waals surface area contributed by atoms with E-state index in [0.717, 1.165) is 63.2 Å². The Bertz CT molecular complexity index is 2460. The van der Waals surface area contributed by atoms with Crippen molar-refractivity contribution in [1.82, 2.24) is 24.3 Å². The number of nitrogens with two attached hydrogens (primary N) is 1. The number of nitrogen functional groups attached to an aromatic ring is 1. The Morgan fingerprint density at radius 3 is 1.68 bits per heavy atom. The van der Waals surface area contributed by atoms with Crippen molar-refractivity contribution in [1.29, 1.82) is 0 Å². The fraction of sp³-hybridized carbons (Fsp3) is 0.282. The lowest BCUT2D eigenvalue weighted by molar-refractivity contribution is -0.134. The predicted molar refractivity (Wildman–Crippen MR) is 236 cm³/mol. The number of carboxylic acids is 6. The van der Waals surface area contributed by atoms with Crippen LogP contribution in [0.1, 0.15) is 31.7 Å². The molecule has 350 valence electrons. The van der Waals surface area contributed by atoms with Gasteiger partial charge in [-0.1, -0.05) is 29.3 Å². The zero-order valence-corrected chi connectivity index (χ0v) is 37.1. The number of nitrogens with one attached hydrogen (secondary N) is 1. The van der Waals surface area contributed by atoms with E-state index in [2.05, 4.69) is 36.1 Å². The SMILES string of the molecule is CN1CCN(C2CCC(n3cc(-c4ccc(NS(=O)(=O)c5sc(Cl)cc5Cl)c(F)c4)c4c(N)ncnc43)CC2)CC1.O=C(O)/C=C\C(=O)O.O=C(O)/C=C\C(=O)O.O=C(O)/C=C\C(=O)O. The number of thiophene rings is 1. The first-order valence-electron chi connectivity index (χ1n) is 18.7. The number of benzene rings is 1. The van der Waals surface area contributed by atoms with Crippen molar-refractivity contribution >= 4 is 103 Å². The number of piperazine rings is 1. The van der Waals surface area contributed by atoms with Crippen LogP contribution >= 0.6 is 34.5 Å². The number of aromatic nitrogens is 3. The van der Waals surface area contributed by atoms with Crippen LogP contribution < -0.4 is 10.5 Å². The summed E-state index contributed by atoms with van der Waals surface area (Å²) in [5, 5.41) is 47.5. The van der Waals surface area contributed by atoms with Crippen molar-refractivity contribution in [3.8, 4) is 11.1 Å². The quantitative estimate of drug-likeness (QED) is 0.0879. The number of likely N-dealkylation sites (N-methyl/N-ethyl adjacent to an activating group) is 1. The summed E-state index contributed by atoms with van der Waals surface area (Å²) in [4.78, 5) is 71.1. The fourth-order valence-electron chi connectivity index (χ4n) is 6.39. The lowest BCUT2D eigenvalue weighted by atomic mass is 9.89. The maximum Gasteiger partial charge on any atom is 0.328 e. The number of anilines is 2. The molecule has 0 atom stereocenters. The van der Waals surface area contributed by atoms with E-state index < -0.39 is 51.7 Å². The molecule has 1 aliphatic carbocycles. The third-order valence-electron chi connectivity index (χ3n) is 9.25. The lowest BCUT2D eigenvalue weighted by Gasteiger charge is -2.41. The summed E-state index contributed by atoms with van der Waals surface area (Å²) in [6.45, 7) is 4.43. The summed E-state index contributed by atoms with van der Waals surface area (Å²) in [5.74, 6) is -7.97. The van der Waals surface area contributed by atoms with Crippen LogP contribution in [-0.2, 0) is 38.8 Å². The Hall–Kier alpha value is -6.44. The van der Waals surface area contributed by atoms with Crippen LogP contribution in [0.15, 0.2) is 77.5 Å². The highest BCUT2D eigenvalue weighted by molar-refractivity contribution is 7.94. The van der Waals surface area contributed by atoms with Gasteiger partial charge in [-0.05, 0) is 56.5 Å². The van der Waals surface area contributed by atoms with Gasteiger partial charge in [-0.15, -0.1) is 11.3 Å². The number of aliphatic carboxylic acids is 6. The average Bonchev–Trinajstić information content (AvgIpc) is 3.80. The van der Waals surface area contributed by atoms with Gasteiger partial charge in [-0.2, -0.15) is 0 Å². The molecule has 2 fully saturated rings. The van der Waals surface area contributed by atoms with Crippen LogP contribution in [-0.4, -0.2) is 138 Å². The molecular formula is C39H42Cl2FN7O14S2. The van der Waals surface area contributed by atoms with Gasteiger partial charge in [0.15, 0.2) is 4.21 Å². The summed E-state index contributed by atoms with van der Waals surface area (Å²) in [6, 6.07) is 6.49. The van der Waals surface area contributed by atoms with Crippen LogP contribution in [0.3, 0.4) is 0 Å². The Labute approximate surface area is 383 Å². The van der Waals surface area contributed by atoms with Gasteiger partial charge in [-0.25, -0.2) is 51.5 Å². The first-order chi connectivity index (χ1) is 30.5. The molecule has 0 amide bonds. The van der Waals surface area contributed by atoms with Gasteiger partial charge in [0.1, 0.15) is 23.6 Å². The molecule has 6 rings (SSSR count). The molecule has 3 aromatic heterocycles. The molecule has 1 saturated carbocycles. The second kappa shape index (κ2) is 24.6. The first-order valence-corrected chi connectivity index (χ1v) is 21.8. The number of hydrogen-bond acceptors (Lipinski definition) is 14. The van der Waals surface area contributed by atoms with E-state index in [1.807, 2.05) is 6.20 Å². The Morgan fingerprint density at radius 2 is 1.25 bits per heavy atom. The Morgan fingerprint density at radius 1 is 0.769 bits per heavy atom. The van der Waals surface area contributed by atoms with E-state index in [-0.39, 0.29) is 25.3 Å². The minimum atomic E-state index is -4.13. The normalized spacial score (nSPS) is 16.7. The molecule has 21 nitrogen and oxygen atoms in total. The van der Waals surface area contributed by atoms with Crippen LogP contribution in [0.5, 0.6) is 0 Å². The van der Waals surface area contributed by atoms with Crippen molar-refractivity contribution in [2.24, 2.45) is 0 Å². The third-order valence-corrected chi connectivity index (χ3v) is 12.9. The first kappa shape index (κ1) is 52.9. The molecule has 1 saturated heterocycles. The maximum atomic E-state index is 15.3. The zero-order valence-electron chi connectivity index (χ0n) is 34.0. The van der Waals surface area contributed by atoms with Gasteiger partial charge in [0, 0.05) is 86.5 Å². The summed E-state index contributed by atoms with van der Waals surface area (Å²) in [5.41, 5.74) is 8.06. The van der Waals surface area contributed by atoms with Crippen LogP contribution in [0.2, 0.25) is 9.36 Å². The Balaban J connectivity index is 0.000000383. The molecule has 0 bridgehead atoms. The molecule has 65 heavy (non-hydrogen) atoms. The predicted octanol–water partition coefficient (Wildman–Crippen LogP) is 4.86. The Kier molecular flexibility index (Phi) is 20.0. The van der Waals surface area contributed by atoms with Gasteiger partial charge >= 0.3 is 35.8 Å². The second-order valence-electron chi connectivity index (χ2n) is 13.7. The molecule has 4 heterocycles. The van der Waals surface area contributed by atoms with Gasteiger partial charge in [0.05, 0.1) is 20.4 Å². The second-order valence-corrected chi connectivity index (χ2v) is 17.7. The number of nitrogens with zero attached hydrogens (tertiary/aromatic N) is 5. The molecule has 4 aromatic rings. The van der Waals surface area contributed by atoms with Gasteiger partial charge < -0.3 is 45.8 Å². The summed E-state index contributed by atoms with van der Waals surface area (Å²) < 4.78 is 45.5. The highest BCUT2D eigenvalue weighted by Crippen LogP contribution is 2.40. The largest absolute Gasteiger partial charge is 0.478 e. The van der Waals surface area contributed by atoms with Crippen molar-refractivity contribution in [2.45, 2.75) is 42.0 Å². The van der Waals surface area contributed by atoms with Crippen molar-refractivity contribution < 1.29 is 72.2 Å². The van der Waals surface area contributed by atoms with Gasteiger partial charge in [0.2, 0.25) is 0 Å². The zero-order chi connectivity index (χ0) is 48.6. The number of carbonyl (C=O) groups is 6. The van der Waals surface area contributed by atoms with Crippen LogP contribution in [0.4, 0.5) is 15.9 Å². The third kappa shape index (κ3) is 16.9. The molecule has 0 unspecified atom stereocenters. The minimum Gasteiger partial charge on any atom is -0.478 e. The van der Waals surface area contributed by atoms with E-state index in [1.165, 1.54) is 24.5 Å². The molecule has 0 spiro atoms. The van der Waals surface area contributed by atoms with Crippen LogP contribution in [0.25, 0.3) is 22.2 Å². The molecule has 0 radical (unpaired) electrons. The molecule has 1 aliphatic heterocycles. The van der Waals surface area contributed by atoms with E-state index >= 15 is 4.39 Å². The standard InChI is InChI=1S/C27H30Cl2FN7O2S2.3C4H4O4/c1-35-8-10-36(11-9-35)17-3-5-18(6-4-17)37-14-19(24-25(31)32-15-33-26(24)37)16-2-7-22(21(30)12-16)34-41(38,39)27-20(28)13-23(29)40-27;3*5-3(6)1-2-4(7)8/h2,7,12-15,17-18,34H,3-6,8-11H2,1H3,(H2,31,32,33);3*1-2H,(H,5,6)(H,7,8)/b;3*2-1-. The number of sulfonamides is 1. The van der Waals surface area contributed by atoms with E-state index in [9.17, 15) is 37.2 Å². The van der Waals surface area contributed by atoms with Crippen molar-refractivity contribution in [3.05, 3.63) is 88.4 Å². The fourth-order valence-corrected chi connectivity index (χ4v) is 9.72. The van der Waals surface area contributed by atoms with Crippen molar-refractivity contribution in [2.75, 3.05) is 43.7 Å². The maximum absolute atomic E-state index is 15.3. The topological polar surface area (TPSA) is 333 Å². The number of hydrogen-bond donors (Lipinski definition) is 8. The van der Waals surface area contributed by atoms with Crippen LogP contribution in [0, 0.1) is 5.82 Å². The summed E-state index contributed by atoms with van der Waals surface area (Å²) in [7, 11) is -1.96. The van der Waals surface area contributed by atoms with E-state index in [4.69, 9.17) is 59.6 Å². The molecule has 2 aliphatic rings. The molecule has 1 aromatic carbocycles. The van der Waals surface area contributed by atoms with Gasteiger partial charge in [0.25, 0.3) is 10.0 Å². The summed E-state index contributed by atoms with van der Waals surface area (Å²) >= 11 is 12.7. The van der Waals surface area contributed by atoms with E-state index in [0.29, 0.717) is 70.5 Å². The molecule has 9 N–H and O–H groups in total. The molecular weight excluding hydrogens is 945 g/mol.